The van der Waals surface area contributed by atoms with Crippen LogP contribution in [0.4, 0.5) is 4.79 Å². The normalized spacial score (nSPS) is 16.2. The van der Waals surface area contributed by atoms with Gasteiger partial charge in [-0.2, -0.15) is 0 Å². The van der Waals surface area contributed by atoms with E-state index >= 15 is 0 Å². The van der Waals surface area contributed by atoms with Crippen LogP contribution in [0.1, 0.15) is 35.5 Å². The number of thioether (sulfide) groups is 1. The Labute approximate surface area is 176 Å². The quantitative estimate of drug-likeness (QED) is 0.509. The summed E-state index contributed by atoms with van der Waals surface area (Å²) in [6.07, 6.45) is 1.41. The zero-order valence-electron chi connectivity index (χ0n) is 16.5. The molecular weight excluding hydrogens is 410 g/mol. The van der Waals surface area contributed by atoms with Gasteiger partial charge in [0, 0.05) is 11.6 Å². The Bertz CT molecular complexity index is 1070. The van der Waals surface area contributed by atoms with E-state index < -0.39 is 29.1 Å². The topological polar surface area (TPSA) is 117 Å². The number of aromatic carboxylic acids is 1. The molecule has 156 valence electrons. The van der Waals surface area contributed by atoms with Crippen LogP contribution in [0.5, 0.6) is 0 Å². The number of furan rings is 1. The fourth-order valence-electron chi connectivity index (χ4n) is 2.90. The molecule has 30 heavy (non-hydrogen) atoms. The first-order valence-corrected chi connectivity index (χ1v) is 9.90. The molecule has 9 heteroatoms. The number of amides is 2. The van der Waals surface area contributed by atoms with Gasteiger partial charge >= 0.3 is 5.97 Å². The molecule has 0 aliphatic carbocycles. The second-order valence-electron chi connectivity index (χ2n) is 6.50. The number of carbonyl (C=O) groups excluding carboxylic acids is 4. The van der Waals surface area contributed by atoms with Crippen molar-refractivity contribution in [2.45, 2.75) is 26.8 Å². The van der Waals surface area contributed by atoms with Crippen LogP contribution < -0.4 is 5.11 Å². The zero-order valence-corrected chi connectivity index (χ0v) is 17.3. The van der Waals surface area contributed by atoms with Crippen molar-refractivity contribution in [1.82, 2.24) is 4.90 Å². The van der Waals surface area contributed by atoms with Crippen LogP contribution >= 0.6 is 11.8 Å². The molecule has 2 amide bonds. The number of ether oxygens (including phenoxy) is 1. The predicted molar refractivity (Wildman–Crippen MR) is 107 cm³/mol. The Kier molecular flexibility index (Phi) is 6.12. The van der Waals surface area contributed by atoms with Crippen molar-refractivity contribution >= 4 is 40.9 Å². The lowest BCUT2D eigenvalue weighted by Gasteiger charge is -2.19. The molecule has 0 unspecified atom stereocenters. The number of rotatable bonds is 6. The number of aryl methyl sites for hydroxylation is 1. The van der Waals surface area contributed by atoms with Crippen LogP contribution in [0.2, 0.25) is 0 Å². The van der Waals surface area contributed by atoms with Crippen molar-refractivity contribution in [3.05, 3.63) is 52.1 Å². The molecule has 1 atom stereocenters. The van der Waals surface area contributed by atoms with E-state index in [-0.39, 0.29) is 17.1 Å². The zero-order chi connectivity index (χ0) is 22.0. The summed E-state index contributed by atoms with van der Waals surface area (Å²) < 4.78 is 10.6. The summed E-state index contributed by atoms with van der Waals surface area (Å²) in [5, 5.41) is 10.5. The van der Waals surface area contributed by atoms with Crippen molar-refractivity contribution in [3.63, 3.8) is 0 Å². The van der Waals surface area contributed by atoms with Crippen molar-refractivity contribution in [1.29, 1.82) is 0 Å². The second kappa shape index (κ2) is 8.58. The van der Waals surface area contributed by atoms with E-state index in [1.807, 2.05) is 0 Å². The molecule has 0 radical (unpaired) electrons. The van der Waals surface area contributed by atoms with Gasteiger partial charge in [0.15, 0.2) is 0 Å². The molecule has 2 heterocycles. The summed E-state index contributed by atoms with van der Waals surface area (Å²) in [7, 11) is 0. The van der Waals surface area contributed by atoms with Crippen LogP contribution in [0, 0.1) is 6.92 Å². The van der Waals surface area contributed by atoms with Gasteiger partial charge in [0.05, 0.1) is 17.5 Å². The smallest absolute Gasteiger partial charge is 0.329 e. The average Bonchev–Trinajstić information content (AvgIpc) is 3.26. The van der Waals surface area contributed by atoms with Crippen molar-refractivity contribution in [3.8, 4) is 11.3 Å². The second-order valence-corrected chi connectivity index (χ2v) is 7.49. The number of esters is 1. The number of carbonyl (C=O) groups is 4. The van der Waals surface area contributed by atoms with Gasteiger partial charge in [-0.3, -0.25) is 14.5 Å². The lowest BCUT2D eigenvalue weighted by atomic mass is 10.0. The summed E-state index contributed by atoms with van der Waals surface area (Å²) >= 11 is 0.700. The van der Waals surface area contributed by atoms with Gasteiger partial charge in [-0.15, -0.1) is 0 Å². The minimum Gasteiger partial charge on any atom is -0.545 e. The highest BCUT2D eigenvalue weighted by atomic mass is 32.2. The molecular formula is C21H18NO7S-. The van der Waals surface area contributed by atoms with Crippen LogP contribution in [0.15, 0.2) is 39.7 Å². The molecule has 1 aliphatic heterocycles. The van der Waals surface area contributed by atoms with E-state index in [9.17, 15) is 24.3 Å². The van der Waals surface area contributed by atoms with Gasteiger partial charge in [-0.05, 0) is 61.9 Å². The van der Waals surface area contributed by atoms with Crippen LogP contribution in [-0.4, -0.2) is 40.6 Å². The van der Waals surface area contributed by atoms with Gasteiger partial charge in [0.1, 0.15) is 17.6 Å². The Morgan fingerprint density at radius 3 is 2.67 bits per heavy atom. The molecule has 0 spiro atoms. The first-order valence-electron chi connectivity index (χ1n) is 9.08. The third-order valence-electron chi connectivity index (χ3n) is 4.48. The Balaban J connectivity index is 1.86. The maximum absolute atomic E-state index is 12.6. The van der Waals surface area contributed by atoms with Gasteiger partial charge in [0.2, 0.25) is 0 Å². The van der Waals surface area contributed by atoms with Crippen LogP contribution in [-0.2, 0) is 14.3 Å². The fourth-order valence-corrected chi connectivity index (χ4v) is 3.79. The van der Waals surface area contributed by atoms with Crippen molar-refractivity contribution in [2.75, 3.05) is 6.61 Å². The molecule has 3 rings (SSSR count). The highest BCUT2D eigenvalue weighted by Gasteiger charge is 2.41. The first kappa shape index (κ1) is 21.4. The van der Waals surface area contributed by atoms with E-state index in [1.165, 1.54) is 25.1 Å². The number of imide groups is 1. The molecule has 1 fully saturated rings. The van der Waals surface area contributed by atoms with Gasteiger partial charge in [-0.25, -0.2) is 4.79 Å². The maximum Gasteiger partial charge on any atom is 0.329 e. The summed E-state index contributed by atoms with van der Waals surface area (Å²) in [5.41, 5.74) is 1.38. The summed E-state index contributed by atoms with van der Waals surface area (Å²) in [6, 6.07) is 6.73. The lowest BCUT2D eigenvalue weighted by Crippen LogP contribution is -2.42. The number of hydrogen-bond donors (Lipinski definition) is 0. The molecule has 1 aromatic heterocycles. The summed E-state index contributed by atoms with van der Waals surface area (Å²) in [4.78, 5) is 48.8. The van der Waals surface area contributed by atoms with E-state index in [1.54, 1.807) is 32.0 Å². The number of carboxylic acid groups (broad SMARTS) is 1. The van der Waals surface area contributed by atoms with Crippen molar-refractivity contribution in [2.24, 2.45) is 0 Å². The Hall–Kier alpha value is -3.33. The highest BCUT2D eigenvalue weighted by Crippen LogP contribution is 2.35. The maximum atomic E-state index is 12.6. The molecule has 2 aromatic rings. The molecule has 0 saturated carbocycles. The molecule has 0 bridgehead atoms. The Morgan fingerprint density at radius 1 is 1.27 bits per heavy atom. The van der Waals surface area contributed by atoms with E-state index in [4.69, 9.17) is 9.15 Å². The van der Waals surface area contributed by atoms with E-state index in [0.29, 0.717) is 28.8 Å². The molecule has 1 saturated heterocycles. The first-order chi connectivity index (χ1) is 14.2. The van der Waals surface area contributed by atoms with Gasteiger partial charge < -0.3 is 19.1 Å². The fraction of sp³-hybridized carbons (Fsp3) is 0.238. The molecule has 0 N–H and O–H groups in total. The third-order valence-corrected chi connectivity index (χ3v) is 5.36. The molecule has 1 aliphatic rings. The lowest BCUT2D eigenvalue weighted by molar-refractivity contribution is -0.255. The highest BCUT2D eigenvalue weighted by molar-refractivity contribution is 8.18. The SMILES string of the molecule is CCOC(=O)[C@@H](C)N1C(=O)S/C(=C\c2ccc(-c3cc(C(=O)[O-])ccc3C)o2)C1=O. The minimum absolute atomic E-state index is 0.0163. The van der Waals surface area contributed by atoms with Crippen molar-refractivity contribution < 1.29 is 33.4 Å². The number of carboxylic acids is 1. The van der Waals surface area contributed by atoms with E-state index in [0.717, 1.165) is 10.5 Å². The molecule has 1 aromatic carbocycles. The largest absolute Gasteiger partial charge is 0.545 e. The predicted octanol–water partition coefficient (Wildman–Crippen LogP) is 2.61. The number of hydrogen-bond acceptors (Lipinski definition) is 8. The van der Waals surface area contributed by atoms with Gasteiger partial charge in [-0.1, -0.05) is 12.1 Å². The summed E-state index contributed by atoms with van der Waals surface area (Å²) in [5.74, 6) is -1.87. The third kappa shape index (κ3) is 4.16. The monoisotopic (exact) mass is 428 g/mol. The molecule has 8 nitrogen and oxygen atoms in total. The standard InChI is InChI=1S/C21H19NO7S/c1-4-28-20(26)12(3)22-18(23)17(30-21(22)27)10-14-7-8-16(29-14)15-9-13(19(24)25)6-5-11(15)2/h5-10,12H,4H2,1-3H3,(H,24,25)/p-1/b17-10-/t12-/m1/s1. The van der Waals surface area contributed by atoms with Crippen LogP contribution in [0.25, 0.3) is 17.4 Å². The van der Waals surface area contributed by atoms with Crippen LogP contribution in [0.3, 0.4) is 0 Å². The number of benzene rings is 1. The van der Waals surface area contributed by atoms with E-state index in [2.05, 4.69) is 0 Å². The number of nitrogens with zero attached hydrogens (tertiary/aromatic N) is 1. The minimum atomic E-state index is -1.30. The average molecular weight is 428 g/mol. The Morgan fingerprint density at radius 2 is 2.00 bits per heavy atom. The van der Waals surface area contributed by atoms with Gasteiger partial charge in [0.25, 0.3) is 11.1 Å². The summed E-state index contributed by atoms with van der Waals surface area (Å²) in [6.45, 7) is 5.01.